The topological polar surface area (TPSA) is 40.9 Å². The van der Waals surface area contributed by atoms with E-state index in [0.717, 1.165) is 24.0 Å². The Labute approximate surface area is 89.5 Å². The van der Waals surface area contributed by atoms with E-state index in [4.69, 9.17) is 5.26 Å². The van der Waals surface area contributed by atoms with Gasteiger partial charge >= 0.3 is 0 Å². The van der Waals surface area contributed by atoms with E-state index < -0.39 is 5.41 Å². The van der Waals surface area contributed by atoms with Gasteiger partial charge in [0.25, 0.3) is 0 Å². The van der Waals surface area contributed by atoms with Crippen LogP contribution < -0.4 is 0 Å². The molecule has 1 aliphatic rings. The van der Waals surface area contributed by atoms with Gasteiger partial charge in [0.05, 0.1) is 11.5 Å². The number of ketones is 1. The largest absolute Gasteiger partial charge is 0.293 e. The zero-order valence-corrected chi connectivity index (χ0v) is 8.79. The molecule has 1 unspecified atom stereocenters. The van der Waals surface area contributed by atoms with Gasteiger partial charge in [0.1, 0.15) is 0 Å². The molecule has 0 spiro atoms. The second kappa shape index (κ2) is 3.51. The van der Waals surface area contributed by atoms with Gasteiger partial charge in [-0.3, -0.25) is 4.79 Å². The van der Waals surface area contributed by atoms with Crippen molar-refractivity contribution in [2.24, 2.45) is 5.41 Å². The highest BCUT2D eigenvalue weighted by molar-refractivity contribution is 6.05. The van der Waals surface area contributed by atoms with Gasteiger partial charge in [0, 0.05) is 12.0 Å². The van der Waals surface area contributed by atoms with E-state index in [2.05, 4.69) is 6.07 Å². The number of hydrogen-bond acceptors (Lipinski definition) is 2. The molecule has 0 bridgehead atoms. The summed E-state index contributed by atoms with van der Waals surface area (Å²) in [6.45, 7) is 1.99. The predicted octanol–water partition coefficient (Wildman–Crippen LogP) is 2.74. The van der Waals surface area contributed by atoms with E-state index in [1.807, 2.05) is 31.2 Å². The van der Waals surface area contributed by atoms with Crippen LogP contribution in [0, 0.1) is 16.7 Å². The Balaban J connectivity index is 2.45. The summed E-state index contributed by atoms with van der Waals surface area (Å²) in [4.78, 5) is 12.2. The van der Waals surface area contributed by atoms with Gasteiger partial charge in [-0.1, -0.05) is 31.2 Å². The second-order valence-electron chi connectivity index (χ2n) is 4.13. The quantitative estimate of drug-likeness (QED) is 0.734. The van der Waals surface area contributed by atoms with Crippen molar-refractivity contribution in [2.45, 2.75) is 26.2 Å². The van der Waals surface area contributed by atoms with Crippen LogP contribution in [0.3, 0.4) is 0 Å². The molecular weight excluding hydrogens is 186 g/mol. The number of fused-ring (bicyclic) bond motifs is 1. The molecule has 2 heteroatoms. The van der Waals surface area contributed by atoms with E-state index in [9.17, 15) is 4.79 Å². The first-order chi connectivity index (χ1) is 7.23. The average Bonchev–Trinajstić information content (AvgIpc) is 2.54. The van der Waals surface area contributed by atoms with E-state index in [1.165, 1.54) is 0 Å². The first kappa shape index (κ1) is 9.92. The highest BCUT2D eigenvalue weighted by Crippen LogP contribution is 2.41. The maximum Gasteiger partial charge on any atom is 0.170 e. The van der Waals surface area contributed by atoms with Crippen LogP contribution >= 0.6 is 0 Å². The molecule has 0 radical (unpaired) electrons. The molecule has 0 amide bonds. The van der Waals surface area contributed by atoms with Crippen molar-refractivity contribution in [3.05, 3.63) is 35.4 Å². The predicted molar refractivity (Wildman–Crippen MR) is 57.4 cm³/mol. The maximum absolute atomic E-state index is 12.2. The number of nitriles is 1. The van der Waals surface area contributed by atoms with Crippen LogP contribution in [0.2, 0.25) is 0 Å². The molecule has 0 N–H and O–H groups in total. The number of benzene rings is 1. The number of Topliss-reactive ketones (excluding diaryl/α,β-unsaturated/α-hetero) is 1. The van der Waals surface area contributed by atoms with Crippen molar-refractivity contribution in [2.75, 3.05) is 0 Å². The third kappa shape index (κ3) is 1.35. The Morgan fingerprint density at radius 1 is 1.47 bits per heavy atom. The van der Waals surface area contributed by atoms with Crippen LogP contribution in [0.5, 0.6) is 0 Å². The molecule has 0 aliphatic heterocycles. The monoisotopic (exact) mass is 199 g/mol. The minimum atomic E-state index is -0.446. The van der Waals surface area contributed by atoms with Gasteiger partial charge < -0.3 is 0 Å². The Hall–Kier alpha value is -1.62. The smallest absolute Gasteiger partial charge is 0.170 e. The SMILES string of the molecule is CCC1(CC#N)Cc2ccccc2C1=O. The van der Waals surface area contributed by atoms with Crippen molar-refractivity contribution in [1.29, 1.82) is 5.26 Å². The fraction of sp³-hybridized carbons (Fsp3) is 0.385. The van der Waals surface area contributed by atoms with Gasteiger partial charge in [0.2, 0.25) is 0 Å². The zero-order chi connectivity index (χ0) is 10.9. The van der Waals surface area contributed by atoms with Crippen molar-refractivity contribution >= 4 is 5.78 Å². The molecule has 0 saturated heterocycles. The highest BCUT2D eigenvalue weighted by Gasteiger charge is 2.43. The van der Waals surface area contributed by atoms with Crippen molar-refractivity contribution in [3.63, 3.8) is 0 Å². The van der Waals surface area contributed by atoms with Gasteiger partial charge in [0.15, 0.2) is 5.78 Å². The lowest BCUT2D eigenvalue weighted by atomic mass is 9.78. The van der Waals surface area contributed by atoms with Crippen molar-refractivity contribution in [3.8, 4) is 6.07 Å². The zero-order valence-electron chi connectivity index (χ0n) is 8.79. The van der Waals surface area contributed by atoms with Crippen molar-refractivity contribution < 1.29 is 4.79 Å². The average molecular weight is 199 g/mol. The van der Waals surface area contributed by atoms with Crippen LogP contribution in [0.15, 0.2) is 24.3 Å². The van der Waals surface area contributed by atoms with E-state index in [1.54, 1.807) is 0 Å². The molecule has 1 atom stereocenters. The highest BCUT2D eigenvalue weighted by atomic mass is 16.1. The summed E-state index contributed by atoms with van der Waals surface area (Å²) in [6.07, 6.45) is 1.80. The summed E-state index contributed by atoms with van der Waals surface area (Å²) in [7, 11) is 0. The Kier molecular flexibility index (Phi) is 2.32. The fourth-order valence-electron chi connectivity index (χ4n) is 2.33. The summed E-state index contributed by atoms with van der Waals surface area (Å²) in [6, 6.07) is 9.83. The molecule has 76 valence electrons. The molecule has 0 aromatic heterocycles. The minimum Gasteiger partial charge on any atom is -0.293 e. The lowest BCUT2D eigenvalue weighted by Crippen LogP contribution is -2.26. The minimum absolute atomic E-state index is 0.155. The summed E-state index contributed by atoms with van der Waals surface area (Å²) in [5.41, 5.74) is 1.47. The molecule has 1 aromatic rings. The van der Waals surface area contributed by atoms with E-state index >= 15 is 0 Å². The molecule has 15 heavy (non-hydrogen) atoms. The third-order valence-electron chi connectivity index (χ3n) is 3.37. The lowest BCUT2D eigenvalue weighted by Gasteiger charge is -2.21. The molecule has 1 aromatic carbocycles. The Bertz CT molecular complexity index is 444. The number of carbonyl (C=O) groups excluding carboxylic acids is 1. The van der Waals surface area contributed by atoms with E-state index in [-0.39, 0.29) is 5.78 Å². The lowest BCUT2D eigenvalue weighted by molar-refractivity contribution is 0.0817. The van der Waals surface area contributed by atoms with Gasteiger partial charge in [-0.15, -0.1) is 0 Å². The summed E-state index contributed by atoms with van der Waals surface area (Å²) in [5.74, 6) is 0.155. The van der Waals surface area contributed by atoms with Crippen LogP contribution in [-0.4, -0.2) is 5.78 Å². The Morgan fingerprint density at radius 2 is 2.20 bits per heavy atom. The van der Waals surface area contributed by atoms with E-state index in [0.29, 0.717) is 6.42 Å². The molecular formula is C13H13NO. The Morgan fingerprint density at radius 3 is 2.80 bits per heavy atom. The van der Waals surface area contributed by atoms with Gasteiger partial charge in [-0.25, -0.2) is 0 Å². The summed E-state index contributed by atoms with van der Waals surface area (Å²) >= 11 is 0. The molecule has 0 saturated carbocycles. The normalized spacial score (nSPS) is 23.6. The van der Waals surface area contributed by atoms with Crippen LogP contribution in [0.25, 0.3) is 0 Å². The number of carbonyl (C=O) groups is 1. The summed E-state index contributed by atoms with van der Waals surface area (Å²) in [5, 5.41) is 8.82. The first-order valence-corrected chi connectivity index (χ1v) is 5.23. The van der Waals surface area contributed by atoms with Crippen molar-refractivity contribution in [1.82, 2.24) is 0 Å². The van der Waals surface area contributed by atoms with Crippen LogP contribution in [0.1, 0.15) is 35.7 Å². The number of rotatable bonds is 2. The molecule has 1 aliphatic carbocycles. The van der Waals surface area contributed by atoms with Gasteiger partial charge in [-0.2, -0.15) is 5.26 Å². The summed E-state index contributed by atoms with van der Waals surface area (Å²) < 4.78 is 0. The fourth-order valence-corrected chi connectivity index (χ4v) is 2.33. The number of hydrogen-bond donors (Lipinski definition) is 0. The molecule has 0 fully saturated rings. The van der Waals surface area contributed by atoms with Crippen LogP contribution in [0.4, 0.5) is 0 Å². The maximum atomic E-state index is 12.2. The third-order valence-corrected chi connectivity index (χ3v) is 3.37. The van der Waals surface area contributed by atoms with Gasteiger partial charge in [-0.05, 0) is 18.4 Å². The molecule has 2 nitrogen and oxygen atoms in total. The van der Waals surface area contributed by atoms with Crippen LogP contribution in [-0.2, 0) is 6.42 Å². The first-order valence-electron chi connectivity index (χ1n) is 5.23. The molecule has 0 heterocycles. The number of nitrogens with zero attached hydrogens (tertiary/aromatic N) is 1. The molecule has 2 rings (SSSR count). The standard InChI is InChI=1S/C13H13NO/c1-2-13(7-8-14)9-10-5-3-4-6-11(10)12(13)15/h3-6H,2,7,9H2,1H3. The second-order valence-corrected chi connectivity index (χ2v) is 4.13.